The topological polar surface area (TPSA) is 58.6 Å². The number of hydrogen-bond donors (Lipinski definition) is 1. The summed E-state index contributed by atoms with van der Waals surface area (Å²) in [5, 5.41) is 2.31. The van der Waals surface area contributed by atoms with Crippen LogP contribution in [0.5, 0.6) is 0 Å². The van der Waals surface area contributed by atoms with Crippen LogP contribution in [0.1, 0.15) is 20.3 Å². The van der Waals surface area contributed by atoms with Gasteiger partial charge in [0.15, 0.2) is 0 Å². The molecule has 0 aromatic rings. The maximum atomic E-state index is 11.7. The van der Waals surface area contributed by atoms with Crippen molar-refractivity contribution in [3.05, 3.63) is 0 Å². The summed E-state index contributed by atoms with van der Waals surface area (Å²) in [6, 6.07) is -0.377. The Bertz CT molecular complexity index is 273. The lowest BCUT2D eigenvalue weighted by atomic mass is 10.2. The predicted molar refractivity (Wildman–Crippen MR) is 60.5 cm³/mol. The van der Waals surface area contributed by atoms with Crippen molar-refractivity contribution in [2.24, 2.45) is 0 Å². The van der Waals surface area contributed by atoms with Crippen LogP contribution in [-0.4, -0.2) is 48.0 Å². The molecule has 0 saturated carbocycles. The molecule has 1 fully saturated rings. The van der Waals surface area contributed by atoms with Gasteiger partial charge in [-0.05, 0) is 13.8 Å². The largest absolute Gasteiger partial charge is 0.375 e. The van der Waals surface area contributed by atoms with E-state index in [2.05, 4.69) is 5.32 Å². The molecule has 92 valence electrons. The molecule has 1 saturated heterocycles. The Morgan fingerprint density at radius 3 is 2.81 bits per heavy atom. The standard InChI is InChI=1S/C10H17ClN2O3/c1-7-6-16-8(2)5-13(7)10(15)12-9(14)3-4-11/h7-8H,3-6H2,1-2H3,(H,12,14,15). The minimum absolute atomic E-state index is 0.00470. The minimum atomic E-state index is -0.363. The van der Waals surface area contributed by atoms with E-state index in [0.29, 0.717) is 13.2 Å². The molecule has 2 unspecified atom stereocenters. The van der Waals surface area contributed by atoms with Crippen LogP contribution in [0, 0.1) is 0 Å². The van der Waals surface area contributed by atoms with E-state index in [9.17, 15) is 9.59 Å². The van der Waals surface area contributed by atoms with Crippen molar-refractivity contribution in [2.75, 3.05) is 19.0 Å². The van der Waals surface area contributed by atoms with Gasteiger partial charge in [-0.25, -0.2) is 4.79 Å². The first-order chi connectivity index (χ1) is 7.54. The minimum Gasteiger partial charge on any atom is -0.375 e. The fraction of sp³-hybridized carbons (Fsp3) is 0.800. The normalized spacial score (nSPS) is 25.3. The van der Waals surface area contributed by atoms with E-state index in [4.69, 9.17) is 16.3 Å². The van der Waals surface area contributed by atoms with E-state index < -0.39 is 0 Å². The zero-order valence-corrected chi connectivity index (χ0v) is 10.3. The highest BCUT2D eigenvalue weighted by Crippen LogP contribution is 2.11. The van der Waals surface area contributed by atoms with Crippen LogP contribution in [0.4, 0.5) is 4.79 Å². The highest BCUT2D eigenvalue weighted by atomic mass is 35.5. The number of carbonyl (C=O) groups excluding carboxylic acids is 2. The molecule has 1 aliphatic heterocycles. The molecule has 16 heavy (non-hydrogen) atoms. The van der Waals surface area contributed by atoms with E-state index in [1.54, 1.807) is 4.90 Å². The summed E-state index contributed by atoms with van der Waals surface area (Å²) in [5.41, 5.74) is 0. The lowest BCUT2D eigenvalue weighted by Gasteiger charge is -2.36. The highest BCUT2D eigenvalue weighted by Gasteiger charge is 2.28. The van der Waals surface area contributed by atoms with Crippen molar-refractivity contribution in [1.82, 2.24) is 10.2 Å². The van der Waals surface area contributed by atoms with Gasteiger partial charge in [0, 0.05) is 18.8 Å². The first-order valence-electron chi connectivity index (χ1n) is 5.32. The molecule has 0 spiro atoms. The number of urea groups is 1. The van der Waals surface area contributed by atoms with Crippen molar-refractivity contribution in [3.8, 4) is 0 Å². The van der Waals surface area contributed by atoms with Crippen LogP contribution in [0.3, 0.4) is 0 Å². The first-order valence-corrected chi connectivity index (χ1v) is 5.86. The number of hydrogen-bond acceptors (Lipinski definition) is 3. The van der Waals surface area contributed by atoms with E-state index >= 15 is 0 Å². The average Bonchev–Trinajstić information content (AvgIpc) is 2.21. The number of carbonyl (C=O) groups is 2. The molecule has 3 amide bonds. The average molecular weight is 249 g/mol. The molecule has 0 aromatic carbocycles. The van der Waals surface area contributed by atoms with Crippen LogP contribution in [0.15, 0.2) is 0 Å². The molecule has 0 aliphatic carbocycles. The van der Waals surface area contributed by atoms with Gasteiger partial charge in [0.05, 0.1) is 18.8 Å². The molecule has 1 aliphatic rings. The Balaban J connectivity index is 2.48. The summed E-state index contributed by atoms with van der Waals surface area (Å²) in [6.07, 6.45) is 0.159. The molecule has 1 N–H and O–H groups in total. The van der Waals surface area contributed by atoms with Crippen molar-refractivity contribution < 1.29 is 14.3 Å². The molecule has 1 rings (SSSR count). The van der Waals surface area contributed by atoms with Gasteiger partial charge in [0.1, 0.15) is 0 Å². The highest BCUT2D eigenvalue weighted by molar-refractivity contribution is 6.19. The molecule has 0 aromatic heterocycles. The number of halogens is 1. The Morgan fingerprint density at radius 1 is 1.50 bits per heavy atom. The summed E-state index contributed by atoms with van der Waals surface area (Å²) in [5.74, 6) is -0.125. The van der Waals surface area contributed by atoms with E-state index in [1.165, 1.54) is 0 Å². The van der Waals surface area contributed by atoms with Crippen molar-refractivity contribution in [1.29, 1.82) is 0 Å². The summed E-state index contributed by atoms with van der Waals surface area (Å²) >= 11 is 5.41. The third kappa shape index (κ3) is 3.64. The molecule has 0 bridgehead atoms. The number of nitrogens with one attached hydrogen (secondary N) is 1. The number of alkyl halides is 1. The predicted octanol–water partition coefficient (Wildman–Crippen LogP) is 0.961. The summed E-state index contributed by atoms with van der Waals surface area (Å²) in [7, 11) is 0. The van der Waals surface area contributed by atoms with E-state index in [-0.39, 0.29) is 36.4 Å². The van der Waals surface area contributed by atoms with E-state index in [0.717, 1.165) is 0 Å². The van der Waals surface area contributed by atoms with Crippen molar-refractivity contribution in [3.63, 3.8) is 0 Å². The van der Waals surface area contributed by atoms with Crippen LogP contribution >= 0.6 is 11.6 Å². The van der Waals surface area contributed by atoms with Gasteiger partial charge in [0.25, 0.3) is 0 Å². The molecule has 6 heteroatoms. The van der Waals surface area contributed by atoms with Crippen LogP contribution < -0.4 is 5.32 Å². The number of rotatable bonds is 2. The van der Waals surface area contributed by atoms with Crippen LogP contribution in [0.2, 0.25) is 0 Å². The van der Waals surface area contributed by atoms with Gasteiger partial charge in [-0.2, -0.15) is 0 Å². The number of nitrogens with zero attached hydrogens (tertiary/aromatic N) is 1. The third-order valence-electron chi connectivity index (χ3n) is 2.44. The van der Waals surface area contributed by atoms with E-state index in [1.807, 2.05) is 13.8 Å². The SMILES string of the molecule is CC1CN(C(=O)NC(=O)CCCl)C(C)CO1. The van der Waals surface area contributed by atoms with Gasteiger partial charge < -0.3 is 9.64 Å². The second kappa shape index (κ2) is 6.06. The smallest absolute Gasteiger partial charge is 0.324 e. The summed E-state index contributed by atoms with van der Waals surface area (Å²) in [4.78, 5) is 24.6. The lowest BCUT2D eigenvalue weighted by Crippen LogP contribution is -2.54. The fourth-order valence-corrected chi connectivity index (χ4v) is 1.70. The number of ether oxygens (including phenoxy) is 1. The van der Waals surface area contributed by atoms with Crippen molar-refractivity contribution in [2.45, 2.75) is 32.4 Å². The van der Waals surface area contributed by atoms with Gasteiger partial charge in [-0.1, -0.05) is 0 Å². The third-order valence-corrected chi connectivity index (χ3v) is 2.63. The first kappa shape index (κ1) is 13.3. The molecule has 2 atom stereocenters. The quantitative estimate of drug-likeness (QED) is 0.741. The Labute approximate surface area is 100 Å². The lowest BCUT2D eigenvalue weighted by molar-refractivity contribution is -0.120. The summed E-state index contributed by atoms with van der Waals surface area (Å²) < 4.78 is 5.40. The Morgan fingerprint density at radius 2 is 2.19 bits per heavy atom. The van der Waals surface area contributed by atoms with Gasteiger partial charge >= 0.3 is 6.03 Å². The van der Waals surface area contributed by atoms with Crippen LogP contribution in [0.25, 0.3) is 0 Å². The zero-order valence-electron chi connectivity index (χ0n) is 9.53. The monoisotopic (exact) mass is 248 g/mol. The van der Waals surface area contributed by atoms with Gasteiger partial charge in [0.2, 0.25) is 5.91 Å². The second-order valence-electron chi connectivity index (χ2n) is 3.94. The maximum absolute atomic E-state index is 11.7. The maximum Gasteiger partial charge on any atom is 0.324 e. The zero-order chi connectivity index (χ0) is 12.1. The fourth-order valence-electron chi connectivity index (χ4n) is 1.53. The molecule has 0 radical (unpaired) electrons. The number of amides is 3. The number of imide groups is 1. The molecule has 1 heterocycles. The van der Waals surface area contributed by atoms with Crippen molar-refractivity contribution >= 4 is 23.5 Å². The summed E-state index contributed by atoms with van der Waals surface area (Å²) in [6.45, 7) is 4.78. The molecular weight excluding hydrogens is 232 g/mol. The molecular formula is C10H17ClN2O3. The molecule has 5 nitrogen and oxygen atoms in total. The van der Waals surface area contributed by atoms with Crippen LogP contribution in [-0.2, 0) is 9.53 Å². The van der Waals surface area contributed by atoms with Gasteiger partial charge in [-0.3, -0.25) is 10.1 Å². The Hall–Kier alpha value is -0.810. The second-order valence-corrected chi connectivity index (χ2v) is 4.32. The Kier molecular flexibility index (Phi) is 5.02. The van der Waals surface area contributed by atoms with Gasteiger partial charge in [-0.15, -0.1) is 11.6 Å². The number of morpholine rings is 1.